The van der Waals surface area contributed by atoms with Gasteiger partial charge in [0.05, 0.1) is 4.90 Å². The summed E-state index contributed by atoms with van der Waals surface area (Å²) in [5, 5.41) is 2.51. The van der Waals surface area contributed by atoms with Crippen molar-refractivity contribution in [1.29, 1.82) is 0 Å². The van der Waals surface area contributed by atoms with E-state index in [2.05, 4.69) is 10.0 Å². The molecule has 156 valence electrons. The van der Waals surface area contributed by atoms with Gasteiger partial charge in [0.2, 0.25) is 0 Å². The van der Waals surface area contributed by atoms with Gasteiger partial charge in [0.1, 0.15) is 0 Å². The molecule has 0 aromatic heterocycles. The molecule has 10 heteroatoms. The van der Waals surface area contributed by atoms with E-state index in [1.807, 2.05) is 0 Å². The minimum absolute atomic E-state index is 0.0605. The molecule has 0 unspecified atom stereocenters. The highest BCUT2D eigenvalue weighted by Crippen LogP contribution is 2.20. The number of anilines is 2. The second kappa shape index (κ2) is 8.87. The number of carbonyl (C=O) groups is 1. The smallest absolute Gasteiger partial charge is 0.262 e. The van der Waals surface area contributed by atoms with Crippen molar-refractivity contribution < 1.29 is 31.1 Å². The number of amides is 1. The van der Waals surface area contributed by atoms with Crippen LogP contribution in [-0.2, 0) is 14.8 Å². The maximum Gasteiger partial charge on any atom is 0.262 e. The minimum atomic E-state index is -4.13. The van der Waals surface area contributed by atoms with Crippen molar-refractivity contribution in [2.45, 2.75) is 4.90 Å². The molecule has 0 saturated carbocycles. The molecule has 6 nitrogen and oxygen atoms in total. The van der Waals surface area contributed by atoms with Gasteiger partial charge in [0.25, 0.3) is 15.9 Å². The summed E-state index contributed by atoms with van der Waals surface area (Å²) in [5.74, 6) is -3.65. The van der Waals surface area contributed by atoms with Crippen LogP contribution in [0.2, 0.25) is 0 Å². The Balaban J connectivity index is 1.59. The zero-order valence-electron chi connectivity index (χ0n) is 15.2. The van der Waals surface area contributed by atoms with Crippen molar-refractivity contribution in [1.82, 2.24) is 0 Å². The second-order valence-electron chi connectivity index (χ2n) is 6.03. The van der Waals surface area contributed by atoms with Crippen LogP contribution in [-0.4, -0.2) is 20.9 Å². The van der Waals surface area contributed by atoms with Crippen LogP contribution in [0.3, 0.4) is 0 Å². The average molecular weight is 436 g/mol. The van der Waals surface area contributed by atoms with E-state index in [9.17, 15) is 26.4 Å². The van der Waals surface area contributed by atoms with Gasteiger partial charge in [0.15, 0.2) is 29.8 Å². The maximum absolute atomic E-state index is 13.5. The molecule has 2 N–H and O–H groups in total. The van der Waals surface area contributed by atoms with Crippen molar-refractivity contribution in [3.05, 3.63) is 84.2 Å². The van der Waals surface area contributed by atoms with E-state index in [0.29, 0.717) is 17.8 Å². The molecular weight excluding hydrogens is 421 g/mol. The molecule has 30 heavy (non-hydrogen) atoms. The van der Waals surface area contributed by atoms with Crippen molar-refractivity contribution in [2.75, 3.05) is 16.6 Å². The van der Waals surface area contributed by atoms with Gasteiger partial charge in [-0.25, -0.2) is 21.6 Å². The van der Waals surface area contributed by atoms with Crippen molar-refractivity contribution in [3.8, 4) is 5.75 Å². The lowest BCUT2D eigenvalue weighted by Gasteiger charge is -2.10. The highest BCUT2D eigenvalue weighted by atomic mass is 32.2. The molecule has 3 aromatic rings. The summed E-state index contributed by atoms with van der Waals surface area (Å²) in [6.07, 6.45) is 0. The van der Waals surface area contributed by atoms with E-state index >= 15 is 0 Å². The Morgan fingerprint density at radius 3 is 2.17 bits per heavy atom. The lowest BCUT2D eigenvalue weighted by molar-refractivity contribution is -0.118. The van der Waals surface area contributed by atoms with E-state index in [4.69, 9.17) is 4.74 Å². The summed E-state index contributed by atoms with van der Waals surface area (Å²) in [6, 6.07) is 13.4. The standard InChI is InChI=1S/C20H15F3N2O4S/c21-16-10-9-15(11-18(16)23)30(27,28)25-14-7-5-13(6-8-14)24-20(26)12-29-19-4-2-1-3-17(19)22/h1-11,25H,12H2,(H,24,26). The van der Waals surface area contributed by atoms with Gasteiger partial charge in [0, 0.05) is 11.4 Å². The third-order valence-electron chi connectivity index (χ3n) is 3.82. The van der Waals surface area contributed by atoms with Crippen LogP contribution in [0, 0.1) is 17.5 Å². The molecule has 0 radical (unpaired) electrons. The molecule has 0 aliphatic carbocycles. The number of nitrogens with one attached hydrogen (secondary N) is 2. The van der Waals surface area contributed by atoms with Crippen molar-refractivity contribution in [3.63, 3.8) is 0 Å². The van der Waals surface area contributed by atoms with Crippen LogP contribution in [0.25, 0.3) is 0 Å². The maximum atomic E-state index is 13.5. The first kappa shape index (κ1) is 21.2. The summed E-state index contributed by atoms with van der Waals surface area (Å²) < 4.78 is 71.5. The monoisotopic (exact) mass is 436 g/mol. The lowest BCUT2D eigenvalue weighted by Crippen LogP contribution is -2.20. The van der Waals surface area contributed by atoms with Crippen LogP contribution in [0.1, 0.15) is 0 Å². The number of benzene rings is 3. The van der Waals surface area contributed by atoms with Gasteiger partial charge >= 0.3 is 0 Å². The number of hydrogen-bond acceptors (Lipinski definition) is 4. The highest BCUT2D eigenvalue weighted by Gasteiger charge is 2.17. The molecule has 3 rings (SSSR count). The van der Waals surface area contributed by atoms with Gasteiger partial charge in [-0.15, -0.1) is 0 Å². The second-order valence-corrected chi connectivity index (χ2v) is 7.71. The molecule has 1 amide bonds. The first-order valence-electron chi connectivity index (χ1n) is 8.50. The Bertz CT molecular complexity index is 1170. The van der Waals surface area contributed by atoms with E-state index < -0.39 is 44.9 Å². The number of hydrogen-bond donors (Lipinski definition) is 2. The quantitative estimate of drug-likeness (QED) is 0.588. The molecule has 0 fully saturated rings. The zero-order valence-corrected chi connectivity index (χ0v) is 16.0. The summed E-state index contributed by atoms with van der Waals surface area (Å²) in [6.45, 7) is -0.425. The van der Waals surface area contributed by atoms with Gasteiger partial charge in [-0.2, -0.15) is 0 Å². The molecular formula is C20H15F3N2O4S. The fraction of sp³-hybridized carbons (Fsp3) is 0.0500. The normalized spacial score (nSPS) is 11.0. The zero-order chi connectivity index (χ0) is 21.7. The molecule has 0 aliphatic rings. The van der Waals surface area contributed by atoms with Crippen LogP contribution in [0.4, 0.5) is 24.5 Å². The number of rotatable bonds is 7. The Morgan fingerprint density at radius 1 is 0.833 bits per heavy atom. The summed E-state index contributed by atoms with van der Waals surface area (Å²) >= 11 is 0. The van der Waals surface area contributed by atoms with Crippen LogP contribution < -0.4 is 14.8 Å². The van der Waals surface area contributed by atoms with E-state index in [-0.39, 0.29) is 11.4 Å². The van der Waals surface area contributed by atoms with E-state index in [0.717, 1.165) is 6.07 Å². The fourth-order valence-electron chi connectivity index (χ4n) is 2.38. The van der Waals surface area contributed by atoms with E-state index in [1.54, 1.807) is 6.07 Å². The third-order valence-corrected chi connectivity index (χ3v) is 5.20. The number of sulfonamides is 1. The highest BCUT2D eigenvalue weighted by molar-refractivity contribution is 7.92. The Kier molecular flexibility index (Phi) is 6.26. The predicted molar refractivity (Wildman–Crippen MR) is 104 cm³/mol. The lowest BCUT2D eigenvalue weighted by atomic mass is 10.3. The SMILES string of the molecule is O=C(COc1ccccc1F)Nc1ccc(NS(=O)(=O)c2ccc(F)c(F)c2)cc1. The van der Waals surface area contributed by atoms with Crippen molar-refractivity contribution >= 4 is 27.3 Å². The minimum Gasteiger partial charge on any atom is -0.481 e. The van der Waals surface area contributed by atoms with E-state index in [1.165, 1.54) is 42.5 Å². The fourth-order valence-corrected chi connectivity index (χ4v) is 3.45. The van der Waals surface area contributed by atoms with Crippen LogP contribution in [0.15, 0.2) is 71.6 Å². The Morgan fingerprint density at radius 2 is 1.50 bits per heavy atom. The summed E-state index contributed by atoms with van der Waals surface area (Å²) in [4.78, 5) is 11.5. The first-order valence-corrected chi connectivity index (χ1v) is 9.98. The largest absolute Gasteiger partial charge is 0.481 e. The number of para-hydroxylation sites is 1. The van der Waals surface area contributed by atoms with Gasteiger partial charge in [-0.1, -0.05) is 12.1 Å². The molecule has 0 saturated heterocycles. The molecule has 0 atom stereocenters. The number of ether oxygens (including phenoxy) is 1. The number of carbonyl (C=O) groups excluding carboxylic acids is 1. The molecule has 0 aliphatic heterocycles. The summed E-state index contributed by atoms with van der Waals surface area (Å²) in [5.41, 5.74) is 0.480. The Hall–Kier alpha value is -3.53. The van der Waals surface area contributed by atoms with Gasteiger partial charge < -0.3 is 10.1 Å². The topological polar surface area (TPSA) is 84.5 Å². The number of halogens is 3. The molecule has 0 spiro atoms. The van der Waals surface area contributed by atoms with Crippen LogP contribution in [0.5, 0.6) is 5.75 Å². The van der Waals surface area contributed by atoms with Gasteiger partial charge in [-0.05, 0) is 54.6 Å². The molecule has 3 aromatic carbocycles. The molecule has 0 heterocycles. The summed E-state index contributed by atoms with van der Waals surface area (Å²) in [7, 11) is -4.13. The van der Waals surface area contributed by atoms with Crippen molar-refractivity contribution in [2.24, 2.45) is 0 Å². The Labute approximate surface area is 170 Å². The average Bonchev–Trinajstić information content (AvgIpc) is 2.70. The van der Waals surface area contributed by atoms with Gasteiger partial charge in [-0.3, -0.25) is 9.52 Å². The van der Waals surface area contributed by atoms with Crippen LogP contribution >= 0.6 is 0 Å². The molecule has 0 bridgehead atoms. The third kappa shape index (κ3) is 5.29. The first-order chi connectivity index (χ1) is 14.2. The predicted octanol–water partition coefficient (Wildman–Crippen LogP) is 3.92.